The Morgan fingerprint density at radius 3 is 2.87 bits per heavy atom. The molecule has 0 saturated carbocycles. The third-order valence-electron chi connectivity index (χ3n) is 2.52. The summed E-state index contributed by atoms with van der Waals surface area (Å²) in [4.78, 5) is 24.0. The average Bonchev–Trinajstić information content (AvgIpc) is 3.03. The van der Waals surface area contributed by atoms with Gasteiger partial charge in [-0.25, -0.2) is 14.4 Å². The Morgan fingerprint density at radius 2 is 2.13 bits per heavy atom. The van der Waals surface area contributed by atoms with E-state index in [4.69, 9.17) is 11.5 Å². The maximum absolute atomic E-state index is 13.1. The van der Waals surface area contributed by atoms with E-state index in [0.29, 0.717) is 10.6 Å². The van der Waals surface area contributed by atoms with Gasteiger partial charge in [0, 0.05) is 11.4 Å². The molecule has 0 aliphatic rings. The van der Waals surface area contributed by atoms with Crippen molar-refractivity contribution in [2.75, 3.05) is 5.32 Å². The molecule has 3 rings (SSSR count). The minimum Gasteiger partial charge on any atom is -1.00 e. The summed E-state index contributed by atoms with van der Waals surface area (Å²) in [5.74, 6) is -0.945. The average molecular weight is 360 g/mol. The van der Waals surface area contributed by atoms with E-state index in [0.717, 1.165) is 16.0 Å². The molecule has 114 valence electrons. The SMILES string of the molecule is NC(N)=Nc1nc(C(=O)Nc2nc3cc(F)ccc3s2)cs1.[H-].[Na+]. The van der Waals surface area contributed by atoms with Crippen molar-refractivity contribution in [3.8, 4) is 0 Å². The molecule has 1 aromatic carbocycles. The first-order valence-corrected chi connectivity index (χ1v) is 7.63. The van der Waals surface area contributed by atoms with E-state index < -0.39 is 5.91 Å². The predicted molar refractivity (Wildman–Crippen MR) is 86.2 cm³/mol. The first kappa shape index (κ1) is 17.8. The van der Waals surface area contributed by atoms with Crippen molar-refractivity contribution in [3.63, 3.8) is 0 Å². The van der Waals surface area contributed by atoms with Gasteiger partial charge in [-0.2, -0.15) is 4.99 Å². The van der Waals surface area contributed by atoms with E-state index in [-0.39, 0.29) is 53.6 Å². The summed E-state index contributed by atoms with van der Waals surface area (Å²) in [6, 6.07) is 4.26. The van der Waals surface area contributed by atoms with Crippen molar-refractivity contribution in [1.82, 2.24) is 9.97 Å². The van der Waals surface area contributed by atoms with Crippen LogP contribution in [0.2, 0.25) is 0 Å². The van der Waals surface area contributed by atoms with Crippen molar-refractivity contribution in [1.29, 1.82) is 0 Å². The van der Waals surface area contributed by atoms with Gasteiger partial charge in [-0.1, -0.05) is 11.3 Å². The molecular weight excluding hydrogens is 350 g/mol. The number of hydrogen-bond donors (Lipinski definition) is 3. The van der Waals surface area contributed by atoms with Gasteiger partial charge in [0.05, 0.1) is 10.2 Å². The second kappa shape index (κ2) is 7.32. The third-order valence-corrected chi connectivity index (χ3v) is 4.21. The first-order valence-electron chi connectivity index (χ1n) is 5.94. The number of carbonyl (C=O) groups excluding carboxylic acids is 1. The number of guanidine groups is 1. The number of anilines is 1. The maximum Gasteiger partial charge on any atom is 1.00 e. The molecular formula is C12H10FN6NaOS2. The van der Waals surface area contributed by atoms with E-state index in [1.165, 1.54) is 28.8 Å². The molecule has 23 heavy (non-hydrogen) atoms. The van der Waals surface area contributed by atoms with Crippen LogP contribution in [0.3, 0.4) is 0 Å². The van der Waals surface area contributed by atoms with Crippen LogP contribution in [0.1, 0.15) is 11.9 Å². The van der Waals surface area contributed by atoms with Gasteiger partial charge in [-0.3, -0.25) is 10.1 Å². The second-order valence-electron chi connectivity index (χ2n) is 4.14. The molecule has 0 aliphatic carbocycles. The summed E-state index contributed by atoms with van der Waals surface area (Å²) in [6.45, 7) is 0. The molecule has 0 spiro atoms. The number of benzene rings is 1. The number of hydrogen-bond acceptors (Lipinski definition) is 6. The Balaban J connectivity index is 0.00000144. The standard InChI is InChI=1S/C12H9FN6OS2.Na.H/c13-5-1-2-8-6(3-5)16-12(22-8)18-9(20)7-4-21-11(17-7)19-10(14)15;;/h1-4H,(H,16,18,20)(H4,14,15,17,19);;/q;+1;-1. The molecule has 0 atom stereocenters. The van der Waals surface area contributed by atoms with Crippen LogP contribution in [0.15, 0.2) is 28.6 Å². The Bertz CT molecular complexity index is 895. The topological polar surface area (TPSA) is 119 Å². The summed E-state index contributed by atoms with van der Waals surface area (Å²) >= 11 is 2.38. The van der Waals surface area contributed by atoms with Crippen LogP contribution in [0.4, 0.5) is 14.7 Å². The van der Waals surface area contributed by atoms with Crippen LogP contribution in [0.25, 0.3) is 10.2 Å². The molecule has 3 aromatic rings. The first-order chi connectivity index (χ1) is 10.5. The molecule has 1 amide bonds. The van der Waals surface area contributed by atoms with Gasteiger partial charge >= 0.3 is 29.6 Å². The van der Waals surface area contributed by atoms with Crippen LogP contribution >= 0.6 is 22.7 Å². The van der Waals surface area contributed by atoms with E-state index in [2.05, 4.69) is 20.3 Å². The Hall–Kier alpha value is -1.59. The summed E-state index contributed by atoms with van der Waals surface area (Å²) in [5, 5.41) is 4.80. The van der Waals surface area contributed by atoms with Gasteiger partial charge in [0.1, 0.15) is 11.5 Å². The Labute approximate surface area is 161 Å². The van der Waals surface area contributed by atoms with Gasteiger partial charge in [-0.15, -0.1) is 11.3 Å². The smallest absolute Gasteiger partial charge is 1.00 e. The number of aromatic nitrogens is 2. The number of nitrogens with zero attached hydrogens (tertiary/aromatic N) is 3. The summed E-state index contributed by atoms with van der Waals surface area (Å²) in [5.41, 5.74) is 11.1. The number of nitrogens with one attached hydrogen (secondary N) is 1. The Kier molecular flexibility index (Phi) is 5.65. The summed E-state index contributed by atoms with van der Waals surface area (Å²) < 4.78 is 13.9. The molecule has 0 unspecified atom stereocenters. The van der Waals surface area contributed by atoms with Gasteiger partial charge < -0.3 is 12.9 Å². The van der Waals surface area contributed by atoms with Gasteiger partial charge in [0.15, 0.2) is 11.1 Å². The number of thiazole rings is 2. The molecule has 0 fully saturated rings. The fourth-order valence-corrected chi connectivity index (χ4v) is 3.17. The van der Waals surface area contributed by atoms with E-state index in [1.54, 1.807) is 6.07 Å². The second-order valence-corrected chi connectivity index (χ2v) is 6.00. The molecule has 0 bridgehead atoms. The van der Waals surface area contributed by atoms with Crippen molar-refractivity contribution in [2.45, 2.75) is 0 Å². The summed E-state index contributed by atoms with van der Waals surface area (Å²) in [6.07, 6.45) is 0. The predicted octanol–water partition coefficient (Wildman–Crippen LogP) is -0.834. The quantitative estimate of drug-likeness (QED) is 0.320. The van der Waals surface area contributed by atoms with Gasteiger partial charge in [0.25, 0.3) is 5.91 Å². The van der Waals surface area contributed by atoms with Gasteiger partial charge in [-0.05, 0) is 12.1 Å². The number of nitrogens with two attached hydrogens (primary N) is 2. The van der Waals surface area contributed by atoms with Crippen molar-refractivity contribution < 1.29 is 40.2 Å². The third kappa shape index (κ3) is 4.24. The molecule has 11 heteroatoms. The number of fused-ring (bicyclic) bond motifs is 1. The largest absolute Gasteiger partial charge is 1.00 e. The van der Waals surface area contributed by atoms with Crippen LogP contribution < -0.4 is 46.3 Å². The number of aliphatic imine (C=N–C) groups is 1. The van der Waals surface area contributed by atoms with E-state index >= 15 is 0 Å². The molecule has 0 aliphatic heterocycles. The molecule has 0 saturated heterocycles. The fraction of sp³-hybridized carbons (Fsp3) is 0. The zero-order valence-electron chi connectivity index (χ0n) is 12.9. The molecule has 5 N–H and O–H groups in total. The van der Waals surface area contributed by atoms with Crippen LogP contribution in [0, 0.1) is 5.82 Å². The van der Waals surface area contributed by atoms with Gasteiger partial charge in [0.2, 0.25) is 5.13 Å². The minimum absolute atomic E-state index is 0. The van der Waals surface area contributed by atoms with Crippen molar-refractivity contribution >= 4 is 55.0 Å². The molecule has 7 nitrogen and oxygen atoms in total. The molecule has 2 heterocycles. The fourth-order valence-electron chi connectivity index (χ4n) is 1.65. The van der Waals surface area contributed by atoms with Crippen molar-refractivity contribution in [2.24, 2.45) is 16.5 Å². The molecule has 2 aromatic heterocycles. The number of rotatable bonds is 3. The van der Waals surface area contributed by atoms with E-state index in [1.807, 2.05) is 0 Å². The molecule has 0 radical (unpaired) electrons. The van der Waals surface area contributed by atoms with E-state index in [9.17, 15) is 9.18 Å². The Morgan fingerprint density at radius 1 is 1.35 bits per heavy atom. The minimum atomic E-state index is -0.437. The zero-order chi connectivity index (χ0) is 15.7. The normalized spacial score (nSPS) is 10.1. The van der Waals surface area contributed by atoms with Crippen LogP contribution in [0.5, 0.6) is 0 Å². The monoisotopic (exact) mass is 360 g/mol. The van der Waals surface area contributed by atoms with Crippen molar-refractivity contribution in [3.05, 3.63) is 35.1 Å². The maximum atomic E-state index is 13.1. The number of halogens is 1. The number of amides is 1. The van der Waals surface area contributed by atoms with Crippen LogP contribution in [-0.2, 0) is 0 Å². The number of carbonyl (C=O) groups is 1. The summed E-state index contributed by atoms with van der Waals surface area (Å²) in [7, 11) is 0. The van der Waals surface area contributed by atoms with Crippen LogP contribution in [-0.4, -0.2) is 21.8 Å². The zero-order valence-corrected chi connectivity index (χ0v) is 15.5.